The van der Waals surface area contributed by atoms with Crippen molar-refractivity contribution in [3.8, 4) is 0 Å². The average molecular weight is 404 g/mol. The van der Waals surface area contributed by atoms with Crippen molar-refractivity contribution in [2.45, 2.75) is 27.3 Å². The van der Waals surface area contributed by atoms with Crippen LogP contribution >= 0.6 is 34.5 Å². The first-order valence-electron chi connectivity index (χ1n) is 7.24. The van der Waals surface area contributed by atoms with Crippen LogP contribution in [0.4, 0.5) is 5.00 Å². The summed E-state index contributed by atoms with van der Waals surface area (Å²) in [5.74, 6) is -1.04. The first-order chi connectivity index (χ1) is 11.8. The number of anilines is 1. The van der Waals surface area contributed by atoms with Gasteiger partial charge >= 0.3 is 5.97 Å². The molecule has 0 bridgehead atoms. The Morgan fingerprint density at radius 2 is 2.04 bits per heavy atom. The molecule has 0 saturated carbocycles. The van der Waals surface area contributed by atoms with Crippen molar-refractivity contribution in [3.63, 3.8) is 0 Å². The number of nitrogens with zero attached hydrogens (tertiary/aromatic N) is 2. The number of carbonyl (C=O) groups excluding carboxylic acids is 2. The van der Waals surface area contributed by atoms with Gasteiger partial charge in [0.05, 0.1) is 23.4 Å². The van der Waals surface area contributed by atoms with E-state index in [1.165, 1.54) is 17.5 Å². The molecule has 2 aromatic rings. The van der Waals surface area contributed by atoms with Crippen LogP contribution in [0.1, 0.15) is 27.7 Å². The molecule has 1 amide bonds. The first kappa shape index (κ1) is 19.4. The van der Waals surface area contributed by atoms with E-state index in [1.807, 2.05) is 6.92 Å². The molecule has 0 unspecified atom stereocenters. The van der Waals surface area contributed by atoms with E-state index in [4.69, 9.17) is 27.9 Å². The highest BCUT2D eigenvalue weighted by Gasteiger charge is 2.22. The Labute approximate surface area is 157 Å². The van der Waals surface area contributed by atoms with Gasteiger partial charge in [0.15, 0.2) is 0 Å². The Morgan fingerprint density at radius 1 is 1.36 bits per heavy atom. The van der Waals surface area contributed by atoms with Crippen molar-refractivity contribution in [2.24, 2.45) is 0 Å². The zero-order chi connectivity index (χ0) is 18.7. The fraction of sp³-hybridized carbons (Fsp3) is 0.333. The van der Waals surface area contributed by atoms with Gasteiger partial charge in [-0.3, -0.25) is 9.59 Å². The number of nitrogens with one attached hydrogen (secondary N) is 1. The fourth-order valence-corrected chi connectivity index (χ4v) is 3.36. The lowest BCUT2D eigenvalue weighted by molar-refractivity contribution is -0.117. The van der Waals surface area contributed by atoms with Crippen LogP contribution in [0.2, 0.25) is 10.0 Å². The van der Waals surface area contributed by atoms with Crippen molar-refractivity contribution in [1.29, 1.82) is 0 Å². The third-order valence-corrected chi connectivity index (χ3v) is 5.22. The van der Waals surface area contributed by atoms with Gasteiger partial charge in [-0.1, -0.05) is 23.2 Å². The quantitative estimate of drug-likeness (QED) is 0.774. The van der Waals surface area contributed by atoms with Crippen LogP contribution in [-0.4, -0.2) is 28.3 Å². The van der Waals surface area contributed by atoms with Crippen LogP contribution in [0.15, 0.2) is 11.0 Å². The number of rotatable bonds is 5. The summed E-state index contributed by atoms with van der Waals surface area (Å²) in [5.41, 5.74) is 0.379. The van der Waals surface area contributed by atoms with Crippen LogP contribution in [0, 0.1) is 13.8 Å². The van der Waals surface area contributed by atoms with Crippen molar-refractivity contribution in [3.05, 3.63) is 42.6 Å². The van der Waals surface area contributed by atoms with Crippen LogP contribution in [-0.2, 0) is 16.1 Å². The molecule has 0 aliphatic rings. The number of hydrogen-bond acceptors (Lipinski definition) is 6. The van der Waals surface area contributed by atoms with E-state index in [1.54, 1.807) is 13.8 Å². The lowest BCUT2D eigenvalue weighted by Gasteiger charge is -2.08. The number of hydrogen-bond donors (Lipinski definition) is 1. The highest BCUT2D eigenvalue weighted by molar-refractivity contribution is 7.16. The maximum Gasteiger partial charge on any atom is 0.341 e. The second kappa shape index (κ2) is 7.99. The number of halogens is 2. The maximum atomic E-state index is 12.3. The molecule has 0 saturated heterocycles. The van der Waals surface area contributed by atoms with Gasteiger partial charge in [-0.15, -0.1) is 11.3 Å². The molecule has 1 N–H and O–H groups in total. The van der Waals surface area contributed by atoms with Gasteiger partial charge < -0.3 is 10.1 Å². The third-order valence-electron chi connectivity index (χ3n) is 3.35. The second-order valence-corrected chi connectivity index (χ2v) is 7.04. The molecule has 134 valence electrons. The summed E-state index contributed by atoms with van der Waals surface area (Å²) in [6.07, 6.45) is 1.18. The minimum atomic E-state index is -0.673. The molecule has 2 aromatic heterocycles. The number of aromatic nitrogens is 2. The normalized spacial score (nSPS) is 10.6. The molecule has 2 heterocycles. The molecule has 0 spiro atoms. The topological polar surface area (TPSA) is 90.3 Å². The lowest BCUT2D eigenvalue weighted by Crippen LogP contribution is -2.30. The Hall–Kier alpha value is -1.90. The molecular formula is C15H15Cl2N3O4S. The minimum Gasteiger partial charge on any atom is -0.462 e. The van der Waals surface area contributed by atoms with E-state index in [9.17, 15) is 14.4 Å². The van der Waals surface area contributed by atoms with Gasteiger partial charge in [-0.25, -0.2) is 9.48 Å². The number of ether oxygens (including phenoxy) is 1. The zero-order valence-electron chi connectivity index (χ0n) is 13.7. The summed E-state index contributed by atoms with van der Waals surface area (Å²) in [6, 6.07) is 0. The van der Waals surface area contributed by atoms with Crippen LogP contribution in [0.25, 0.3) is 0 Å². The molecule has 0 aliphatic heterocycles. The zero-order valence-corrected chi connectivity index (χ0v) is 16.0. The van der Waals surface area contributed by atoms with Gasteiger partial charge in [-0.2, -0.15) is 5.10 Å². The Morgan fingerprint density at radius 3 is 2.68 bits per heavy atom. The number of aryl methyl sites for hydroxylation is 1. The summed E-state index contributed by atoms with van der Waals surface area (Å²) < 4.78 is 5.92. The van der Waals surface area contributed by atoms with E-state index in [0.29, 0.717) is 10.6 Å². The maximum absolute atomic E-state index is 12.3. The standard InChI is InChI=1S/C15H15Cl2N3O4S/c1-4-24-15(23)11-7(2)8(3)25-13(11)19-10(21)6-20-14(22)12(17)9(16)5-18-20/h5H,4,6H2,1-3H3,(H,19,21). The van der Waals surface area contributed by atoms with Gasteiger partial charge in [0, 0.05) is 4.88 Å². The summed E-state index contributed by atoms with van der Waals surface area (Å²) in [7, 11) is 0. The average Bonchev–Trinajstić information content (AvgIpc) is 2.82. The summed E-state index contributed by atoms with van der Waals surface area (Å²) in [4.78, 5) is 37.2. The van der Waals surface area contributed by atoms with Crippen LogP contribution in [0.5, 0.6) is 0 Å². The predicted octanol–water partition coefficient (Wildman–Crippen LogP) is 3.04. The largest absolute Gasteiger partial charge is 0.462 e. The van der Waals surface area contributed by atoms with E-state index >= 15 is 0 Å². The van der Waals surface area contributed by atoms with Crippen molar-refractivity contribution >= 4 is 51.4 Å². The number of amides is 1. The van der Waals surface area contributed by atoms with E-state index < -0.39 is 17.4 Å². The molecule has 0 fully saturated rings. The van der Waals surface area contributed by atoms with Gasteiger partial charge in [0.1, 0.15) is 16.6 Å². The molecular weight excluding hydrogens is 389 g/mol. The molecule has 2 rings (SSSR count). The smallest absolute Gasteiger partial charge is 0.341 e. The van der Waals surface area contributed by atoms with Gasteiger partial charge in [0.25, 0.3) is 5.56 Å². The van der Waals surface area contributed by atoms with Crippen LogP contribution in [0.3, 0.4) is 0 Å². The fourth-order valence-electron chi connectivity index (χ4n) is 2.02. The van der Waals surface area contributed by atoms with E-state index in [0.717, 1.165) is 15.1 Å². The van der Waals surface area contributed by atoms with E-state index in [2.05, 4.69) is 10.4 Å². The number of thiophene rings is 1. The molecule has 0 radical (unpaired) electrons. The highest BCUT2D eigenvalue weighted by Crippen LogP contribution is 2.33. The number of carbonyl (C=O) groups is 2. The monoisotopic (exact) mass is 403 g/mol. The molecule has 10 heteroatoms. The molecule has 0 aromatic carbocycles. The lowest BCUT2D eigenvalue weighted by atomic mass is 10.1. The minimum absolute atomic E-state index is 0.0115. The van der Waals surface area contributed by atoms with Crippen LogP contribution < -0.4 is 10.9 Å². The Balaban J connectivity index is 2.24. The second-order valence-electron chi connectivity index (χ2n) is 5.03. The summed E-state index contributed by atoms with van der Waals surface area (Å²) >= 11 is 12.7. The summed E-state index contributed by atoms with van der Waals surface area (Å²) in [5, 5.41) is 6.56. The first-order valence-corrected chi connectivity index (χ1v) is 8.81. The predicted molar refractivity (Wildman–Crippen MR) is 96.9 cm³/mol. The molecule has 0 aliphatic carbocycles. The van der Waals surface area contributed by atoms with Gasteiger partial charge in [-0.05, 0) is 26.3 Å². The molecule has 7 nitrogen and oxygen atoms in total. The Bertz CT molecular complexity index is 892. The third kappa shape index (κ3) is 4.20. The highest BCUT2D eigenvalue weighted by atomic mass is 35.5. The number of esters is 1. The Kier molecular flexibility index (Phi) is 6.21. The molecule has 0 atom stereocenters. The molecule has 25 heavy (non-hydrogen) atoms. The van der Waals surface area contributed by atoms with E-state index in [-0.39, 0.29) is 23.2 Å². The SMILES string of the molecule is CCOC(=O)c1c(NC(=O)Cn2ncc(Cl)c(Cl)c2=O)sc(C)c1C. The summed E-state index contributed by atoms with van der Waals surface area (Å²) in [6.45, 7) is 5.17. The van der Waals surface area contributed by atoms with Crippen molar-refractivity contribution in [1.82, 2.24) is 9.78 Å². The van der Waals surface area contributed by atoms with Crippen molar-refractivity contribution in [2.75, 3.05) is 11.9 Å². The van der Waals surface area contributed by atoms with Gasteiger partial charge in [0.2, 0.25) is 5.91 Å². The van der Waals surface area contributed by atoms with Crippen molar-refractivity contribution < 1.29 is 14.3 Å².